The minimum atomic E-state index is -0.998. The number of hydrogen-bond donors (Lipinski definition) is 2. The molecule has 5 nitrogen and oxygen atoms in total. The van der Waals surface area contributed by atoms with Crippen LogP contribution >= 0.6 is 0 Å². The van der Waals surface area contributed by atoms with Gasteiger partial charge in [-0.3, -0.25) is 9.59 Å². The van der Waals surface area contributed by atoms with Gasteiger partial charge in [0.1, 0.15) is 5.75 Å². The predicted octanol–water partition coefficient (Wildman–Crippen LogP) is 2.42. The molecule has 0 amide bonds. The first-order valence-electron chi connectivity index (χ1n) is 7.22. The van der Waals surface area contributed by atoms with E-state index in [0.29, 0.717) is 24.5 Å². The molecule has 2 N–H and O–H groups in total. The van der Waals surface area contributed by atoms with Gasteiger partial charge in [-0.15, -0.1) is 0 Å². The molecule has 1 rings (SSSR count). The molecule has 1 atom stereocenters. The summed E-state index contributed by atoms with van der Waals surface area (Å²) in [5, 5.41) is 12.0. The minimum absolute atomic E-state index is 0.238. The fourth-order valence-electron chi connectivity index (χ4n) is 2.06. The van der Waals surface area contributed by atoms with E-state index in [2.05, 4.69) is 5.32 Å². The molecule has 0 aromatic heterocycles. The Balaban J connectivity index is 3.05. The summed E-state index contributed by atoms with van der Waals surface area (Å²) >= 11 is 0. The number of ketones is 1. The van der Waals surface area contributed by atoms with Crippen LogP contribution in [0.2, 0.25) is 0 Å². The molecule has 116 valence electrons. The van der Waals surface area contributed by atoms with Crippen molar-refractivity contribution in [3.8, 4) is 5.75 Å². The SMILES string of the molecule is CCCNC(CC(=O)O)C(=O)c1cc(C)ccc1OCC. The van der Waals surface area contributed by atoms with Crippen molar-refractivity contribution in [2.45, 2.75) is 39.7 Å². The summed E-state index contributed by atoms with van der Waals surface area (Å²) in [6.07, 6.45) is 0.591. The van der Waals surface area contributed by atoms with Gasteiger partial charge in [-0.2, -0.15) is 0 Å². The van der Waals surface area contributed by atoms with E-state index >= 15 is 0 Å². The third kappa shape index (κ3) is 5.19. The Morgan fingerprint density at radius 1 is 1.33 bits per heavy atom. The van der Waals surface area contributed by atoms with E-state index in [4.69, 9.17) is 9.84 Å². The average Bonchev–Trinajstić information content (AvgIpc) is 2.44. The van der Waals surface area contributed by atoms with Gasteiger partial charge in [0.05, 0.1) is 24.6 Å². The number of aryl methyl sites for hydroxylation is 1. The number of nitrogens with one attached hydrogen (secondary N) is 1. The summed E-state index contributed by atoms with van der Waals surface area (Å²) in [5.74, 6) is -0.734. The van der Waals surface area contributed by atoms with E-state index in [1.165, 1.54) is 0 Å². The maximum atomic E-state index is 12.6. The van der Waals surface area contributed by atoms with Crippen LogP contribution in [0.3, 0.4) is 0 Å². The normalized spacial score (nSPS) is 12.0. The number of Topliss-reactive ketones (excluding diaryl/α,β-unsaturated/α-hetero) is 1. The summed E-state index contributed by atoms with van der Waals surface area (Å²) in [5.41, 5.74) is 1.37. The molecule has 0 aliphatic carbocycles. The number of carbonyl (C=O) groups is 2. The molecule has 0 heterocycles. The maximum Gasteiger partial charge on any atom is 0.305 e. The molecule has 5 heteroatoms. The van der Waals surface area contributed by atoms with Crippen LogP contribution in [0.4, 0.5) is 0 Å². The van der Waals surface area contributed by atoms with Gasteiger partial charge in [0.15, 0.2) is 5.78 Å². The third-order valence-corrected chi connectivity index (χ3v) is 3.04. The second-order valence-electron chi connectivity index (χ2n) is 4.90. The Labute approximate surface area is 125 Å². The number of ether oxygens (including phenoxy) is 1. The molecular formula is C16H23NO4. The smallest absolute Gasteiger partial charge is 0.305 e. The summed E-state index contributed by atoms with van der Waals surface area (Å²) in [6, 6.07) is 4.64. The second-order valence-corrected chi connectivity index (χ2v) is 4.90. The van der Waals surface area contributed by atoms with Crippen LogP contribution in [0.15, 0.2) is 18.2 Å². The van der Waals surface area contributed by atoms with Gasteiger partial charge in [0.25, 0.3) is 0 Å². The topological polar surface area (TPSA) is 75.6 Å². The zero-order valence-electron chi connectivity index (χ0n) is 12.8. The highest BCUT2D eigenvalue weighted by Crippen LogP contribution is 2.22. The lowest BCUT2D eigenvalue weighted by Gasteiger charge is -2.18. The monoisotopic (exact) mass is 293 g/mol. The first kappa shape index (κ1) is 17.2. The summed E-state index contributed by atoms with van der Waals surface area (Å²) in [6.45, 7) is 6.75. The molecule has 0 bridgehead atoms. The third-order valence-electron chi connectivity index (χ3n) is 3.04. The number of carboxylic acids is 1. The van der Waals surface area contributed by atoms with Gasteiger partial charge in [-0.25, -0.2) is 0 Å². The van der Waals surface area contributed by atoms with Crippen LogP contribution in [0.1, 0.15) is 42.6 Å². The molecule has 0 radical (unpaired) electrons. The van der Waals surface area contributed by atoms with Crippen LogP contribution in [-0.4, -0.2) is 36.1 Å². The van der Waals surface area contributed by atoms with Crippen molar-refractivity contribution in [2.75, 3.05) is 13.2 Å². The van der Waals surface area contributed by atoms with Crippen LogP contribution in [-0.2, 0) is 4.79 Å². The van der Waals surface area contributed by atoms with Crippen molar-refractivity contribution in [3.05, 3.63) is 29.3 Å². The highest BCUT2D eigenvalue weighted by Gasteiger charge is 2.25. The summed E-state index contributed by atoms with van der Waals surface area (Å²) in [7, 11) is 0. The van der Waals surface area contributed by atoms with E-state index in [0.717, 1.165) is 12.0 Å². The number of benzene rings is 1. The Morgan fingerprint density at radius 2 is 2.05 bits per heavy atom. The van der Waals surface area contributed by atoms with Crippen molar-refractivity contribution in [2.24, 2.45) is 0 Å². The van der Waals surface area contributed by atoms with Gasteiger partial charge in [-0.1, -0.05) is 18.6 Å². The molecule has 0 fully saturated rings. The zero-order chi connectivity index (χ0) is 15.8. The first-order valence-corrected chi connectivity index (χ1v) is 7.22. The molecule has 21 heavy (non-hydrogen) atoms. The molecule has 0 aliphatic rings. The Morgan fingerprint density at radius 3 is 2.62 bits per heavy atom. The molecule has 0 spiro atoms. The number of aliphatic carboxylic acids is 1. The van der Waals surface area contributed by atoms with Gasteiger partial charge in [0.2, 0.25) is 0 Å². The van der Waals surface area contributed by atoms with Crippen molar-refractivity contribution in [3.63, 3.8) is 0 Å². The fourth-order valence-corrected chi connectivity index (χ4v) is 2.06. The lowest BCUT2D eigenvalue weighted by Crippen LogP contribution is -2.39. The summed E-state index contributed by atoms with van der Waals surface area (Å²) in [4.78, 5) is 23.6. The Kier molecular flexibility index (Phi) is 6.88. The van der Waals surface area contributed by atoms with Crippen molar-refractivity contribution in [1.82, 2.24) is 5.32 Å². The predicted molar refractivity (Wildman–Crippen MR) is 81.0 cm³/mol. The van der Waals surface area contributed by atoms with Crippen molar-refractivity contribution in [1.29, 1.82) is 0 Å². The standard InChI is InChI=1S/C16H23NO4/c1-4-8-17-13(10-15(18)19)16(20)12-9-11(3)6-7-14(12)21-5-2/h6-7,9,13,17H,4-5,8,10H2,1-3H3,(H,18,19). The number of carboxylic acid groups (broad SMARTS) is 1. The number of carbonyl (C=O) groups excluding carboxylic acids is 1. The van der Waals surface area contributed by atoms with E-state index in [1.54, 1.807) is 12.1 Å². The molecule has 1 unspecified atom stereocenters. The highest BCUT2D eigenvalue weighted by atomic mass is 16.5. The minimum Gasteiger partial charge on any atom is -0.493 e. The second kappa shape index (κ2) is 8.42. The van der Waals surface area contributed by atoms with E-state index < -0.39 is 12.0 Å². The van der Waals surface area contributed by atoms with Crippen LogP contribution in [0, 0.1) is 6.92 Å². The molecule has 1 aromatic carbocycles. The van der Waals surface area contributed by atoms with Crippen LogP contribution in [0.25, 0.3) is 0 Å². The molecule has 1 aromatic rings. The molecule has 0 aliphatic heterocycles. The van der Waals surface area contributed by atoms with Gasteiger partial charge < -0.3 is 15.2 Å². The van der Waals surface area contributed by atoms with Gasteiger partial charge >= 0.3 is 5.97 Å². The van der Waals surface area contributed by atoms with Crippen LogP contribution in [0.5, 0.6) is 5.75 Å². The molecule has 0 saturated carbocycles. The van der Waals surface area contributed by atoms with Gasteiger partial charge in [-0.05, 0) is 38.9 Å². The average molecular weight is 293 g/mol. The van der Waals surface area contributed by atoms with E-state index in [-0.39, 0.29) is 12.2 Å². The maximum absolute atomic E-state index is 12.6. The van der Waals surface area contributed by atoms with Crippen LogP contribution < -0.4 is 10.1 Å². The number of rotatable bonds is 9. The van der Waals surface area contributed by atoms with Crippen molar-refractivity contribution < 1.29 is 19.4 Å². The van der Waals surface area contributed by atoms with E-state index in [9.17, 15) is 9.59 Å². The Bertz CT molecular complexity index is 499. The fraction of sp³-hybridized carbons (Fsp3) is 0.500. The Hall–Kier alpha value is -1.88. The molecule has 0 saturated heterocycles. The first-order chi connectivity index (χ1) is 9.99. The zero-order valence-corrected chi connectivity index (χ0v) is 12.8. The van der Waals surface area contributed by atoms with E-state index in [1.807, 2.05) is 26.8 Å². The lowest BCUT2D eigenvalue weighted by atomic mass is 9.99. The van der Waals surface area contributed by atoms with Gasteiger partial charge in [0, 0.05) is 0 Å². The summed E-state index contributed by atoms with van der Waals surface area (Å²) < 4.78 is 5.48. The lowest BCUT2D eigenvalue weighted by molar-refractivity contribution is -0.137. The number of hydrogen-bond acceptors (Lipinski definition) is 4. The highest BCUT2D eigenvalue weighted by molar-refractivity contribution is 6.04. The quantitative estimate of drug-likeness (QED) is 0.684. The largest absolute Gasteiger partial charge is 0.493 e. The van der Waals surface area contributed by atoms with Crippen molar-refractivity contribution >= 4 is 11.8 Å². The molecular weight excluding hydrogens is 270 g/mol.